The Kier molecular flexibility index (Phi) is 7.07. The molecule has 0 aliphatic heterocycles. The summed E-state index contributed by atoms with van der Waals surface area (Å²) in [5.74, 6) is -0.00373. The third-order valence-electron chi connectivity index (χ3n) is 3.90. The van der Waals surface area contributed by atoms with Crippen LogP contribution >= 0.6 is 0 Å². The Morgan fingerprint density at radius 2 is 1.74 bits per heavy atom. The van der Waals surface area contributed by atoms with Gasteiger partial charge in [0.1, 0.15) is 0 Å². The average molecular weight is 319 g/mol. The predicted octanol–water partition coefficient (Wildman–Crippen LogP) is 3.24. The van der Waals surface area contributed by atoms with Crippen LogP contribution in [0.5, 0.6) is 0 Å². The van der Waals surface area contributed by atoms with E-state index in [0.717, 1.165) is 18.8 Å². The van der Waals surface area contributed by atoms with E-state index in [9.17, 15) is 4.79 Å². The normalized spacial score (nSPS) is 11.9. The maximum atomic E-state index is 12.3. The first-order chi connectivity index (χ1) is 10.7. The number of rotatable bonds is 8. The molecule has 0 spiro atoms. The van der Waals surface area contributed by atoms with Crippen LogP contribution in [-0.4, -0.2) is 50.6 Å². The van der Waals surface area contributed by atoms with Gasteiger partial charge in [0.05, 0.1) is 0 Å². The van der Waals surface area contributed by atoms with Crippen molar-refractivity contribution in [1.82, 2.24) is 10.2 Å². The molecule has 1 N–H and O–H groups in total. The summed E-state index contributed by atoms with van der Waals surface area (Å²) < 4.78 is 0. The minimum Gasteiger partial charge on any atom is -0.369 e. The van der Waals surface area contributed by atoms with Crippen LogP contribution in [0.2, 0.25) is 0 Å². The smallest absolute Gasteiger partial charge is 0.251 e. The van der Waals surface area contributed by atoms with E-state index >= 15 is 0 Å². The number of hydrogen-bond donors (Lipinski definition) is 1. The lowest BCUT2D eigenvalue weighted by atomic mass is 9.93. The summed E-state index contributed by atoms with van der Waals surface area (Å²) in [5, 5.41) is 3.05. The summed E-state index contributed by atoms with van der Waals surface area (Å²) in [7, 11) is 4.10. The maximum absolute atomic E-state index is 12.3. The average Bonchev–Trinajstić information content (AvgIpc) is 2.44. The van der Waals surface area contributed by atoms with Crippen LogP contribution in [0.4, 0.5) is 5.69 Å². The summed E-state index contributed by atoms with van der Waals surface area (Å²) >= 11 is 0. The third kappa shape index (κ3) is 6.22. The second kappa shape index (κ2) is 8.34. The van der Waals surface area contributed by atoms with Crippen molar-refractivity contribution < 1.29 is 4.79 Å². The van der Waals surface area contributed by atoms with Crippen LogP contribution in [0.25, 0.3) is 0 Å². The molecule has 0 saturated carbocycles. The van der Waals surface area contributed by atoms with E-state index in [1.807, 2.05) is 24.3 Å². The van der Waals surface area contributed by atoms with Crippen molar-refractivity contribution in [2.75, 3.05) is 38.6 Å². The SMILES string of the molecule is CCN(c1ccc(C(=O)NCC(C)(C)CN(C)C)cc1)C(C)C. The highest BCUT2D eigenvalue weighted by Crippen LogP contribution is 2.18. The first-order valence-corrected chi connectivity index (χ1v) is 8.46. The quantitative estimate of drug-likeness (QED) is 0.799. The highest BCUT2D eigenvalue weighted by molar-refractivity contribution is 5.94. The summed E-state index contributed by atoms with van der Waals surface area (Å²) in [4.78, 5) is 16.8. The molecule has 0 fully saturated rings. The first kappa shape index (κ1) is 19.5. The molecule has 0 saturated heterocycles. The van der Waals surface area contributed by atoms with Gasteiger partial charge in [-0.15, -0.1) is 0 Å². The van der Waals surface area contributed by atoms with E-state index in [-0.39, 0.29) is 11.3 Å². The largest absolute Gasteiger partial charge is 0.369 e. The Morgan fingerprint density at radius 3 is 2.17 bits per heavy atom. The Balaban J connectivity index is 2.68. The Hall–Kier alpha value is -1.55. The molecule has 1 amide bonds. The van der Waals surface area contributed by atoms with Gasteiger partial charge in [-0.25, -0.2) is 0 Å². The van der Waals surface area contributed by atoms with Gasteiger partial charge >= 0.3 is 0 Å². The van der Waals surface area contributed by atoms with E-state index in [1.165, 1.54) is 0 Å². The number of amides is 1. The molecule has 1 aromatic carbocycles. The molecule has 0 heterocycles. The molecule has 4 nitrogen and oxygen atoms in total. The molecule has 4 heteroatoms. The van der Waals surface area contributed by atoms with Crippen molar-refractivity contribution in [1.29, 1.82) is 0 Å². The van der Waals surface area contributed by atoms with Gasteiger partial charge in [-0.05, 0) is 64.5 Å². The molecule has 0 radical (unpaired) electrons. The topological polar surface area (TPSA) is 35.6 Å². The van der Waals surface area contributed by atoms with E-state index in [1.54, 1.807) is 0 Å². The highest BCUT2D eigenvalue weighted by atomic mass is 16.1. The van der Waals surface area contributed by atoms with Crippen LogP contribution in [0, 0.1) is 5.41 Å². The van der Waals surface area contributed by atoms with Crippen molar-refractivity contribution in [3.63, 3.8) is 0 Å². The Labute approximate surface area is 141 Å². The maximum Gasteiger partial charge on any atom is 0.251 e. The van der Waals surface area contributed by atoms with Crippen molar-refractivity contribution >= 4 is 11.6 Å². The lowest BCUT2D eigenvalue weighted by molar-refractivity contribution is 0.0929. The molecular weight excluding hydrogens is 286 g/mol. The minimum absolute atomic E-state index is 0.00373. The fraction of sp³-hybridized carbons (Fsp3) is 0.632. The van der Waals surface area contributed by atoms with E-state index in [4.69, 9.17) is 0 Å². The molecule has 1 aromatic rings. The molecule has 0 atom stereocenters. The van der Waals surface area contributed by atoms with Crippen LogP contribution in [0.15, 0.2) is 24.3 Å². The van der Waals surface area contributed by atoms with Gasteiger partial charge < -0.3 is 15.1 Å². The van der Waals surface area contributed by atoms with Gasteiger partial charge in [0, 0.05) is 36.9 Å². The third-order valence-corrected chi connectivity index (χ3v) is 3.90. The summed E-state index contributed by atoms with van der Waals surface area (Å²) in [6.07, 6.45) is 0. The van der Waals surface area contributed by atoms with E-state index < -0.39 is 0 Å². The molecule has 1 rings (SSSR count). The van der Waals surface area contributed by atoms with Crippen molar-refractivity contribution in [2.45, 2.75) is 40.7 Å². The van der Waals surface area contributed by atoms with Gasteiger partial charge in [0.15, 0.2) is 0 Å². The van der Waals surface area contributed by atoms with Gasteiger partial charge in [0.25, 0.3) is 5.91 Å². The van der Waals surface area contributed by atoms with Crippen LogP contribution in [-0.2, 0) is 0 Å². The first-order valence-electron chi connectivity index (χ1n) is 8.46. The van der Waals surface area contributed by atoms with Gasteiger partial charge in [-0.2, -0.15) is 0 Å². The zero-order valence-electron chi connectivity index (χ0n) is 15.8. The molecular formula is C19H33N3O. The van der Waals surface area contributed by atoms with E-state index in [0.29, 0.717) is 18.2 Å². The zero-order chi connectivity index (χ0) is 17.6. The minimum atomic E-state index is -0.00373. The molecule has 23 heavy (non-hydrogen) atoms. The number of nitrogens with one attached hydrogen (secondary N) is 1. The van der Waals surface area contributed by atoms with Crippen LogP contribution in [0.1, 0.15) is 45.0 Å². The number of carbonyl (C=O) groups is 1. The van der Waals surface area contributed by atoms with Gasteiger partial charge in [0.2, 0.25) is 0 Å². The predicted molar refractivity (Wildman–Crippen MR) is 99.3 cm³/mol. The monoisotopic (exact) mass is 319 g/mol. The second-order valence-corrected chi connectivity index (χ2v) is 7.51. The van der Waals surface area contributed by atoms with E-state index in [2.05, 4.69) is 63.8 Å². The summed E-state index contributed by atoms with van der Waals surface area (Å²) in [5.41, 5.74) is 1.93. The van der Waals surface area contributed by atoms with Gasteiger partial charge in [-0.1, -0.05) is 13.8 Å². The van der Waals surface area contributed by atoms with Crippen molar-refractivity contribution in [3.05, 3.63) is 29.8 Å². The zero-order valence-corrected chi connectivity index (χ0v) is 15.8. The summed E-state index contributed by atoms with van der Waals surface area (Å²) in [6.45, 7) is 13.4. The lowest BCUT2D eigenvalue weighted by Gasteiger charge is -2.29. The molecule has 130 valence electrons. The highest BCUT2D eigenvalue weighted by Gasteiger charge is 2.20. The molecule has 0 unspecified atom stereocenters. The lowest BCUT2D eigenvalue weighted by Crippen LogP contribution is -2.40. The van der Waals surface area contributed by atoms with Crippen molar-refractivity contribution in [2.24, 2.45) is 5.41 Å². The Morgan fingerprint density at radius 1 is 1.17 bits per heavy atom. The standard InChI is InChI=1S/C19H33N3O/c1-8-22(15(2)3)17-11-9-16(10-12-17)18(23)20-13-19(4,5)14-21(6)7/h9-12,15H,8,13-14H2,1-7H3,(H,20,23). The molecule has 0 aliphatic carbocycles. The number of anilines is 1. The second-order valence-electron chi connectivity index (χ2n) is 7.51. The summed E-state index contributed by atoms with van der Waals surface area (Å²) in [6, 6.07) is 8.34. The fourth-order valence-electron chi connectivity index (χ4n) is 2.98. The molecule has 0 aliphatic rings. The number of carbonyl (C=O) groups excluding carboxylic acids is 1. The fourth-order valence-corrected chi connectivity index (χ4v) is 2.98. The number of hydrogen-bond acceptors (Lipinski definition) is 3. The van der Waals surface area contributed by atoms with Crippen LogP contribution in [0.3, 0.4) is 0 Å². The van der Waals surface area contributed by atoms with Gasteiger partial charge in [-0.3, -0.25) is 4.79 Å². The van der Waals surface area contributed by atoms with Crippen molar-refractivity contribution in [3.8, 4) is 0 Å². The Bertz CT molecular complexity index is 492. The number of nitrogens with zero attached hydrogens (tertiary/aromatic N) is 2. The molecule has 0 aromatic heterocycles. The number of benzene rings is 1. The molecule has 0 bridgehead atoms. The van der Waals surface area contributed by atoms with Crippen LogP contribution < -0.4 is 10.2 Å².